The summed E-state index contributed by atoms with van der Waals surface area (Å²) in [7, 11) is 4.08. The molecule has 0 spiro atoms. The Bertz CT molecular complexity index is 252. The third-order valence-electron chi connectivity index (χ3n) is 5.62. The molecular formula is C19H42N2. The summed E-state index contributed by atoms with van der Waals surface area (Å²) in [6.45, 7) is 17.0. The maximum atomic E-state index is 3.35. The van der Waals surface area contributed by atoms with Gasteiger partial charge in [0.05, 0.1) is 6.17 Å². The lowest BCUT2D eigenvalue weighted by atomic mass is 9.50. The van der Waals surface area contributed by atoms with Crippen LogP contribution in [0.5, 0.6) is 0 Å². The van der Waals surface area contributed by atoms with Crippen molar-refractivity contribution < 1.29 is 0 Å². The van der Waals surface area contributed by atoms with Crippen LogP contribution in [0.15, 0.2) is 0 Å². The molecule has 0 aliphatic heterocycles. The predicted molar refractivity (Wildman–Crippen MR) is 96.6 cm³/mol. The van der Waals surface area contributed by atoms with Crippen LogP contribution in [0, 0.1) is 16.2 Å². The molecule has 128 valence electrons. The Morgan fingerprint density at radius 3 is 1.52 bits per heavy atom. The average Bonchev–Trinajstić information content (AvgIpc) is 2.35. The summed E-state index contributed by atoms with van der Waals surface area (Å²) in [6, 6.07) is 0. The molecule has 0 aliphatic rings. The largest absolute Gasteiger partial charge is 0.305 e. The van der Waals surface area contributed by atoms with E-state index in [1.165, 1.54) is 38.5 Å². The Labute approximate surface area is 134 Å². The number of hydrogen-bond acceptors (Lipinski definition) is 2. The molecule has 0 amide bonds. The van der Waals surface area contributed by atoms with Gasteiger partial charge in [-0.15, -0.1) is 0 Å². The van der Waals surface area contributed by atoms with Crippen molar-refractivity contribution in [3.8, 4) is 0 Å². The molecule has 0 heterocycles. The van der Waals surface area contributed by atoms with Crippen molar-refractivity contribution in [3.63, 3.8) is 0 Å². The standard InChI is InChI=1S/C19H42N2/c1-10-11-14-19(17(2,3)4,18(5,6)7)15-12-13-16(20-8)21-9/h16,20-21H,10-15H2,1-9H3. The zero-order valence-corrected chi connectivity index (χ0v) is 16.3. The van der Waals surface area contributed by atoms with E-state index < -0.39 is 0 Å². The summed E-state index contributed by atoms with van der Waals surface area (Å²) in [5, 5.41) is 6.70. The lowest BCUT2D eigenvalue weighted by molar-refractivity contribution is -0.0522. The molecule has 0 saturated heterocycles. The molecule has 0 aromatic rings. The molecule has 2 heteroatoms. The molecule has 0 aliphatic carbocycles. The van der Waals surface area contributed by atoms with Crippen LogP contribution in [0.1, 0.15) is 87.0 Å². The first-order chi connectivity index (χ1) is 9.55. The van der Waals surface area contributed by atoms with Crippen molar-refractivity contribution in [2.24, 2.45) is 16.2 Å². The van der Waals surface area contributed by atoms with Crippen LogP contribution >= 0.6 is 0 Å². The van der Waals surface area contributed by atoms with Gasteiger partial charge in [-0.1, -0.05) is 61.3 Å². The highest BCUT2D eigenvalue weighted by atomic mass is 15.1. The second-order valence-electron chi connectivity index (χ2n) is 8.71. The van der Waals surface area contributed by atoms with Crippen LogP contribution in [0.3, 0.4) is 0 Å². The first-order valence-corrected chi connectivity index (χ1v) is 8.90. The van der Waals surface area contributed by atoms with Crippen molar-refractivity contribution >= 4 is 0 Å². The van der Waals surface area contributed by atoms with Crippen molar-refractivity contribution in [1.82, 2.24) is 10.6 Å². The van der Waals surface area contributed by atoms with E-state index in [1.807, 2.05) is 14.1 Å². The van der Waals surface area contributed by atoms with Gasteiger partial charge in [0.1, 0.15) is 0 Å². The number of unbranched alkanes of at least 4 members (excludes halogenated alkanes) is 1. The molecule has 0 aromatic heterocycles. The van der Waals surface area contributed by atoms with Crippen molar-refractivity contribution in [2.75, 3.05) is 14.1 Å². The molecule has 0 radical (unpaired) electrons. The highest BCUT2D eigenvalue weighted by molar-refractivity contribution is 4.98. The zero-order chi connectivity index (χ0) is 16.7. The molecular weight excluding hydrogens is 256 g/mol. The molecule has 0 saturated carbocycles. The summed E-state index contributed by atoms with van der Waals surface area (Å²) in [5.74, 6) is 0. The average molecular weight is 299 g/mol. The second kappa shape index (κ2) is 8.53. The zero-order valence-electron chi connectivity index (χ0n) is 16.3. The Morgan fingerprint density at radius 1 is 0.762 bits per heavy atom. The molecule has 21 heavy (non-hydrogen) atoms. The minimum Gasteiger partial charge on any atom is -0.305 e. The summed E-state index contributed by atoms with van der Waals surface area (Å²) in [4.78, 5) is 0. The predicted octanol–water partition coefficient (Wildman–Crippen LogP) is 5.19. The second-order valence-corrected chi connectivity index (χ2v) is 8.71. The van der Waals surface area contributed by atoms with E-state index in [-0.39, 0.29) is 0 Å². The Kier molecular flexibility index (Phi) is 8.49. The van der Waals surface area contributed by atoms with Gasteiger partial charge in [-0.05, 0) is 56.0 Å². The topological polar surface area (TPSA) is 24.1 Å². The highest BCUT2D eigenvalue weighted by Gasteiger charge is 2.48. The number of nitrogens with one attached hydrogen (secondary N) is 2. The molecule has 0 aromatic carbocycles. The van der Waals surface area contributed by atoms with Crippen molar-refractivity contribution in [1.29, 1.82) is 0 Å². The number of rotatable bonds is 9. The maximum absolute atomic E-state index is 3.35. The van der Waals surface area contributed by atoms with E-state index in [4.69, 9.17) is 0 Å². The van der Waals surface area contributed by atoms with Crippen LogP contribution in [-0.2, 0) is 0 Å². The molecule has 0 unspecified atom stereocenters. The molecule has 0 rings (SSSR count). The molecule has 0 bridgehead atoms. The highest BCUT2D eigenvalue weighted by Crippen LogP contribution is 2.57. The quantitative estimate of drug-likeness (QED) is 0.572. The minimum absolute atomic E-state index is 0.342. The van der Waals surface area contributed by atoms with Gasteiger partial charge in [0, 0.05) is 0 Å². The fraction of sp³-hybridized carbons (Fsp3) is 1.00. The summed E-state index contributed by atoms with van der Waals surface area (Å²) in [5.41, 5.74) is 1.09. The van der Waals surface area contributed by atoms with E-state index in [0.29, 0.717) is 22.4 Å². The third kappa shape index (κ3) is 5.56. The van der Waals surface area contributed by atoms with E-state index in [0.717, 1.165) is 0 Å². The fourth-order valence-electron chi connectivity index (χ4n) is 4.27. The van der Waals surface area contributed by atoms with Crippen LogP contribution in [0.2, 0.25) is 0 Å². The first kappa shape index (κ1) is 20.9. The Hall–Kier alpha value is -0.0800. The van der Waals surface area contributed by atoms with Crippen molar-refractivity contribution in [3.05, 3.63) is 0 Å². The summed E-state index contributed by atoms with van der Waals surface area (Å²) < 4.78 is 0. The van der Waals surface area contributed by atoms with Gasteiger partial charge in [-0.2, -0.15) is 0 Å². The third-order valence-corrected chi connectivity index (χ3v) is 5.62. The molecule has 0 atom stereocenters. The first-order valence-electron chi connectivity index (χ1n) is 8.90. The van der Waals surface area contributed by atoms with Crippen LogP contribution in [0.25, 0.3) is 0 Å². The van der Waals surface area contributed by atoms with E-state index in [1.54, 1.807) is 0 Å². The molecule has 0 fully saturated rings. The smallest absolute Gasteiger partial charge is 0.0566 e. The number of hydrogen-bond donors (Lipinski definition) is 2. The minimum atomic E-state index is 0.342. The Morgan fingerprint density at radius 2 is 1.19 bits per heavy atom. The normalized spacial score (nSPS) is 14.0. The fourth-order valence-corrected chi connectivity index (χ4v) is 4.27. The molecule has 2 N–H and O–H groups in total. The lowest BCUT2D eigenvalue weighted by Crippen LogP contribution is -2.47. The van der Waals surface area contributed by atoms with Crippen molar-refractivity contribution in [2.45, 2.75) is 93.2 Å². The van der Waals surface area contributed by atoms with Gasteiger partial charge in [-0.3, -0.25) is 0 Å². The van der Waals surface area contributed by atoms with Gasteiger partial charge in [0.2, 0.25) is 0 Å². The van der Waals surface area contributed by atoms with Crippen LogP contribution in [0.4, 0.5) is 0 Å². The van der Waals surface area contributed by atoms with Gasteiger partial charge in [0.15, 0.2) is 0 Å². The van der Waals surface area contributed by atoms with Gasteiger partial charge in [-0.25, -0.2) is 0 Å². The van der Waals surface area contributed by atoms with Crippen LogP contribution in [-0.4, -0.2) is 20.3 Å². The van der Waals surface area contributed by atoms with E-state index >= 15 is 0 Å². The lowest BCUT2D eigenvalue weighted by Gasteiger charge is -2.55. The molecule has 2 nitrogen and oxygen atoms in total. The van der Waals surface area contributed by atoms with E-state index in [9.17, 15) is 0 Å². The SMILES string of the molecule is CCCCC(CCCC(NC)NC)(C(C)(C)C)C(C)(C)C. The Balaban J connectivity index is 5.11. The monoisotopic (exact) mass is 298 g/mol. The summed E-state index contributed by atoms with van der Waals surface area (Å²) in [6.07, 6.45) is 8.23. The van der Waals surface area contributed by atoms with Gasteiger partial charge >= 0.3 is 0 Å². The van der Waals surface area contributed by atoms with Gasteiger partial charge < -0.3 is 10.6 Å². The van der Waals surface area contributed by atoms with Gasteiger partial charge in [0.25, 0.3) is 0 Å². The van der Waals surface area contributed by atoms with E-state index in [2.05, 4.69) is 59.1 Å². The van der Waals surface area contributed by atoms with Crippen LogP contribution < -0.4 is 10.6 Å². The maximum Gasteiger partial charge on any atom is 0.0566 e. The summed E-state index contributed by atoms with van der Waals surface area (Å²) >= 11 is 0.